The van der Waals surface area contributed by atoms with Crippen LogP contribution in [0.4, 0.5) is 0 Å². The molecule has 5 rings (SSSR count). The van der Waals surface area contributed by atoms with Crippen molar-refractivity contribution in [3.05, 3.63) is 65.7 Å². The maximum Gasteiger partial charge on any atom is 0.311 e. The Kier molecular flexibility index (Phi) is 4.93. The molecule has 0 aromatic heterocycles. The Balaban J connectivity index is 1.57. The van der Waals surface area contributed by atoms with Crippen LogP contribution in [0.2, 0.25) is 0 Å². The van der Waals surface area contributed by atoms with E-state index in [4.69, 9.17) is 9.47 Å². The van der Waals surface area contributed by atoms with E-state index in [9.17, 15) is 4.79 Å². The number of hydrogen-bond donors (Lipinski definition) is 0. The molecule has 0 aliphatic carbocycles. The summed E-state index contributed by atoms with van der Waals surface area (Å²) in [5, 5.41) is 0. The normalized spacial score (nSPS) is 25.5. The van der Waals surface area contributed by atoms with Crippen molar-refractivity contribution in [3.8, 4) is 5.75 Å². The van der Waals surface area contributed by atoms with E-state index < -0.39 is 0 Å². The van der Waals surface area contributed by atoms with Crippen molar-refractivity contribution in [1.82, 2.24) is 4.90 Å². The quantitative estimate of drug-likeness (QED) is 0.771. The molecule has 4 nitrogen and oxygen atoms in total. The topological polar surface area (TPSA) is 38.8 Å². The number of benzene rings is 2. The summed E-state index contributed by atoms with van der Waals surface area (Å²) >= 11 is 0. The number of carbonyl (C=O) groups excluding carboxylic acids is 1. The van der Waals surface area contributed by atoms with Gasteiger partial charge in [-0.15, -0.1) is 0 Å². The first-order chi connectivity index (χ1) is 12.7. The van der Waals surface area contributed by atoms with Crippen LogP contribution in [0.25, 0.3) is 0 Å². The van der Waals surface area contributed by atoms with E-state index in [1.807, 2.05) is 54.6 Å². The van der Waals surface area contributed by atoms with Crippen LogP contribution < -0.4 is 4.74 Å². The van der Waals surface area contributed by atoms with E-state index in [1.165, 1.54) is 0 Å². The highest BCUT2D eigenvalue weighted by Gasteiger charge is 2.40. The largest absolute Gasteiger partial charge is 0.497 e. The summed E-state index contributed by atoms with van der Waals surface area (Å²) in [6.45, 7) is 3.08. The van der Waals surface area contributed by atoms with Crippen molar-refractivity contribution in [2.24, 2.45) is 11.8 Å². The zero-order valence-electron chi connectivity index (χ0n) is 15.1. The van der Waals surface area contributed by atoms with Crippen LogP contribution in [-0.4, -0.2) is 37.6 Å². The predicted molar refractivity (Wildman–Crippen MR) is 100 cm³/mol. The molecule has 2 atom stereocenters. The Morgan fingerprint density at radius 3 is 2.23 bits per heavy atom. The zero-order valence-corrected chi connectivity index (χ0v) is 15.1. The molecule has 0 saturated carbocycles. The van der Waals surface area contributed by atoms with Crippen LogP contribution >= 0.6 is 0 Å². The van der Waals surface area contributed by atoms with Crippen molar-refractivity contribution in [3.63, 3.8) is 0 Å². The minimum Gasteiger partial charge on any atom is -0.497 e. The van der Waals surface area contributed by atoms with E-state index in [0.717, 1.165) is 49.4 Å². The van der Waals surface area contributed by atoms with Crippen LogP contribution in [0.5, 0.6) is 5.75 Å². The van der Waals surface area contributed by atoms with Crippen molar-refractivity contribution in [2.75, 3.05) is 26.7 Å². The van der Waals surface area contributed by atoms with E-state index in [0.29, 0.717) is 5.92 Å². The lowest BCUT2D eigenvalue weighted by Crippen LogP contribution is -2.50. The van der Waals surface area contributed by atoms with Gasteiger partial charge < -0.3 is 14.4 Å². The summed E-state index contributed by atoms with van der Waals surface area (Å²) in [5.74, 6) is 1.20. The molecule has 2 unspecified atom stereocenters. The monoisotopic (exact) mass is 351 g/mol. The Labute approximate surface area is 154 Å². The maximum absolute atomic E-state index is 13.0. The fourth-order valence-electron chi connectivity index (χ4n) is 4.17. The molecule has 3 fully saturated rings. The summed E-state index contributed by atoms with van der Waals surface area (Å²) in [7, 11) is 1.65. The van der Waals surface area contributed by atoms with Crippen molar-refractivity contribution in [2.45, 2.75) is 18.9 Å². The lowest BCUT2D eigenvalue weighted by atomic mass is 9.79. The molecule has 2 aromatic rings. The molecule has 3 saturated heterocycles. The second kappa shape index (κ2) is 7.50. The van der Waals surface area contributed by atoms with Crippen LogP contribution in [0.15, 0.2) is 54.6 Å². The molecular weight excluding hydrogens is 326 g/mol. The summed E-state index contributed by atoms with van der Waals surface area (Å²) < 4.78 is 11.3. The minimum absolute atomic E-state index is 0.00182. The second-order valence-corrected chi connectivity index (χ2v) is 7.25. The zero-order chi connectivity index (χ0) is 17.9. The summed E-state index contributed by atoms with van der Waals surface area (Å²) in [6.07, 6.45) is 1.83. The summed E-state index contributed by atoms with van der Waals surface area (Å²) in [5.41, 5.74) is 1.96. The molecule has 0 radical (unpaired) electrons. The Hall–Kier alpha value is -2.33. The number of rotatable bonds is 5. The molecule has 136 valence electrons. The molecule has 3 aliphatic heterocycles. The molecule has 26 heavy (non-hydrogen) atoms. The Morgan fingerprint density at radius 2 is 1.65 bits per heavy atom. The second-order valence-electron chi connectivity index (χ2n) is 7.25. The molecule has 0 N–H and O–H groups in total. The molecule has 3 aliphatic rings. The highest BCUT2D eigenvalue weighted by Crippen LogP contribution is 2.35. The van der Waals surface area contributed by atoms with Gasteiger partial charge in [-0.3, -0.25) is 4.79 Å². The van der Waals surface area contributed by atoms with Gasteiger partial charge in [-0.05, 0) is 55.1 Å². The van der Waals surface area contributed by atoms with Crippen molar-refractivity contribution in [1.29, 1.82) is 0 Å². The summed E-state index contributed by atoms with van der Waals surface area (Å²) in [4.78, 5) is 15.4. The molecule has 0 amide bonds. The third kappa shape index (κ3) is 3.47. The molecule has 2 aromatic carbocycles. The average Bonchev–Trinajstić information content (AvgIpc) is 2.73. The van der Waals surface area contributed by atoms with E-state index in [-0.39, 0.29) is 18.0 Å². The van der Waals surface area contributed by atoms with E-state index in [1.54, 1.807) is 7.11 Å². The van der Waals surface area contributed by atoms with Gasteiger partial charge in [-0.2, -0.15) is 0 Å². The summed E-state index contributed by atoms with van der Waals surface area (Å²) in [6, 6.07) is 17.7. The maximum atomic E-state index is 13.0. The highest BCUT2D eigenvalue weighted by molar-refractivity contribution is 5.74. The van der Waals surface area contributed by atoms with Gasteiger partial charge in [-0.1, -0.05) is 42.5 Å². The number of carbonyl (C=O) groups is 1. The van der Waals surface area contributed by atoms with Gasteiger partial charge in [0.15, 0.2) is 6.10 Å². The first kappa shape index (κ1) is 17.1. The molecule has 3 heterocycles. The van der Waals surface area contributed by atoms with Crippen LogP contribution in [-0.2, 0) is 9.53 Å². The third-order valence-corrected chi connectivity index (χ3v) is 5.71. The van der Waals surface area contributed by atoms with E-state index >= 15 is 0 Å². The lowest BCUT2D eigenvalue weighted by molar-refractivity contribution is -0.159. The van der Waals surface area contributed by atoms with Crippen LogP contribution in [0.1, 0.15) is 30.1 Å². The first-order valence-corrected chi connectivity index (χ1v) is 9.36. The van der Waals surface area contributed by atoms with Crippen molar-refractivity contribution < 1.29 is 14.3 Å². The number of nitrogens with zero attached hydrogens (tertiary/aromatic N) is 1. The SMILES string of the molecule is COc1ccc(C(OC(=O)C2CN3CCC2CC3)c2ccccc2)cc1. The third-order valence-electron chi connectivity index (χ3n) is 5.71. The molecule has 4 heteroatoms. The van der Waals surface area contributed by atoms with Gasteiger partial charge in [0.1, 0.15) is 5.75 Å². The van der Waals surface area contributed by atoms with Gasteiger partial charge in [-0.25, -0.2) is 0 Å². The highest BCUT2D eigenvalue weighted by atomic mass is 16.5. The van der Waals surface area contributed by atoms with Crippen molar-refractivity contribution >= 4 is 5.97 Å². The van der Waals surface area contributed by atoms with Gasteiger partial charge in [0.2, 0.25) is 0 Å². The van der Waals surface area contributed by atoms with E-state index in [2.05, 4.69) is 4.90 Å². The number of esters is 1. The fourth-order valence-corrected chi connectivity index (χ4v) is 4.17. The predicted octanol–water partition coefficient (Wildman–Crippen LogP) is 3.67. The van der Waals surface area contributed by atoms with Crippen LogP contribution in [0, 0.1) is 11.8 Å². The average molecular weight is 351 g/mol. The number of hydrogen-bond acceptors (Lipinski definition) is 4. The Bertz CT molecular complexity index is 736. The van der Waals surface area contributed by atoms with Gasteiger partial charge in [0.05, 0.1) is 13.0 Å². The smallest absolute Gasteiger partial charge is 0.311 e. The standard InChI is InChI=1S/C22H25NO3/c1-25-19-9-7-18(8-10-19)21(17-5-3-2-4-6-17)26-22(24)20-15-23-13-11-16(20)12-14-23/h2-10,16,20-21H,11-15H2,1H3. The number of piperidine rings is 3. The molecule has 2 bridgehead atoms. The number of fused-ring (bicyclic) bond motifs is 3. The Morgan fingerprint density at radius 1 is 1.00 bits per heavy atom. The minimum atomic E-state index is -0.384. The van der Waals surface area contributed by atoms with Crippen LogP contribution in [0.3, 0.4) is 0 Å². The number of ether oxygens (including phenoxy) is 2. The molecular formula is C22H25NO3. The van der Waals surface area contributed by atoms with Gasteiger partial charge >= 0.3 is 5.97 Å². The fraction of sp³-hybridized carbons (Fsp3) is 0.409. The first-order valence-electron chi connectivity index (χ1n) is 9.36. The number of methoxy groups -OCH3 is 1. The molecule has 0 spiro atoms. The van der Waals surface area contributed by atoms with Gasteiger partial charge in [0.25, 0.3) is 0 Å². The van der Waals surface area contributed by atoms with Gasteiger partial charge in [0, 0.05) is 6.54 Å². The lowest BCUT2D eigenvalue weighted by Gasteiger charge is -2.43.